The van der Waals surface area contributed by atoms with Gasteiger partial charge in [0.1, 0.15) is 18.0 Å². The van der Waals surface area contributed by atoms with E-state index < -0.39 is 24.1 Å². The SMILES string of the molecule is C=CCC1OCCN(c2ccc(N3C[C@H](CCC(=O)c4ccc(Cl)s4)OC3=O)c(F)c2)C1=O. The molecule has 2 aliphatic heterocycles. The van der Waals surface area contributed by atoms with E-state index in [4.69, 9.17) is 21.1 Å². The lowest BCUT2D eigenvalue weighted by Crippen LogP contribution is -2.47. The Labute approximate surface area is 199 Å². The average Bonchev–Trinajstić information content (AvgIpc) is 3.39. The average molecular weight is 493 g/mol. The second-order valence-corrected chi connectivity index (χ2v) is 9.41. The van der Waals surface area contributed by atoms with Gasteiger partial charge in [0, 0.05) is 25.1 Å². The van der Waals surface area contributed by atoms with Crippen molar-refractivity contribution >= 4 is 52.1 Å². The summed E-state index contributed by atoms with van der Waals surface area (Å²) >= 11 is 7.07. The van der Waals surface area contributed by atoms with E-state index in [1.54, 1.807) is 24.3 Å². The first-order valence-corrected chi connectivity index (χ1v) is 11.7. The highest BCUT2D eigenvalue weighted by molar-refractivity contribution is 7.18. The number of hydrogen-bond acceptors (Lipinski definition) is 6. The summed E-state index contributed by atoms with van der Waals surface area (Å²) in [6, 6.07) is 7.61. The van der Waals surface area contributed by atoms with Gasteiger partial charge in [0.25, 0.3) is 5.91 Å². The van der Waals surface area contributed by atoms with Crippen molar-refractivity contribution in [2.45, 2.75) is 31.5 Å². The predicted molar refractivity (Wildman–Crippen MR) is 124 cm³/mol. The zero-order chi connectivity index (χ0) is 23.5. The molecule has 10 heteroatoms. The number of cyclic esters (lactones) is 1. The van der Waals surface area contributed by atoms with E-state index in [2.05, 4.69) is 6.58 Å². The second-order valence-electron chi connectivity index (χ2n) is 7.69. The molecule has 0 radical (unpaired) electrons. The summed E-state index contributed by atoms with van der Waals surface area (Å²) in [5, 5.41) is 0. The Morgan fingerprint density at radius 3 is 2.79 bits per heavy atom. The third-order valence-electron chi connectivity index (χ3n) is 5.51. The molecule has 2 aromatic rings. The zero-order valence-corrected chi connectivity index (χ0v) is 19.2. The normalized spacial score (nSPS) is 20.8. The molecule has 2 atom stereocenters. The van der Waals surface area contributed by atoms with Gasteiger partial charge in [0.05, 0.1) is 28.1 Å². The highest BCUT2D eigenvalue weighted by Gasteiger charge is 2.35. The molecular formula is C23H22ClFN2O5S. The van der Waals surface area contributed by atoms with Gasteiger partial charge in [-0.3, -0.25) is 14.5 Å². The van der Waals surface area contributed by atoms with Gasteiger partial charge in [0.15, 0.2) is 5.78 Å². The minimum absolute atomic E-state index is 0.0611. The number of hydrogen-bond donors (Lipinski definition) is 0. The summed E-state index contributed by atoms with van der Waals surface area (Å²) in [5.41, 5.74) is 0.453. The number of nitrogens with zero attached hydrogens (tertiary/aromatic N) is 2. The largest absolute Gasteiger partial charge is 0.444 e. The maximum Gasteiger partial charge on any atom is 0.414 e. The van der Waals surface area contributed by atoms with Gasteiger partial charge in [-0.1, -0.05) is 17.7 Å². The maximum atomic E-state index is 15.0. The molecule has 174 valence electrons. The number of halogens is 2. The van der Waals surface area contributed by atoms with Crippen LogP contribution in [0.15, 0.2) is 43.0 Å². The first-order chi connectivity index (χ1) is 15.9. The molecule has 7 nitrogen and oxygen atoms in total. The molecule has 0 N–H and O–H groups in total. The Morgan fingerprint density at radius 1 is 1.27 bits per heavy atom. The van der Waals surface area contributed by atoms with Crippen LogP contribution < -0.4 is 9.80 Å². The Hall–Kier alpha value is -2.75. The fraction of sp³-hybridized carbons (Fsp3) is 0.348. The van der Waals surface area contributed by atoms with Crippen molar-refractivity contribution in [1.29, 1.82) is 0 Å². The number of rotatable bonds is 8. The van der Waals surface area contributed by atoms with Crippen molar-refractivity contribution in [3.8, 4) is 0 Å². The minimum Gasteiger partial charge on any atom is -0.444 e. The number of ketones is 1. The summed E-state index contributed by atoms with van der Waals surface area (Å²) in [7, 11) is 0. The first kappa shape index (κ1) is 23.4. The number of thiophene rings is 1. The summed E-state index contributed by atoms with van der Waals surface area (Å²) in [6.45, 7) is 4.40. The van der Waals surface area contributed by atoms with Crippen molar-refractivity contribution in [2.24, 2.45) is 0 Å². The summed E-state index contributed by atoms with van der Waals surface area (Å²) < 4.78 is 26.3. The van der Waals surface area contributed by atoms with Gasteiger partial charge in [-0.05, 0) is 36.8 Å². The van der Waals surface area contributed by atoms with Crippen molar-refractivity contribution in [1.82, 2.24) is 0 Å². The second kappa shape index (κ2) is 10.0. The van der Waals surface area contributed by atoms with Crippen LogP contribution in [0.4, 0.5) is 20.6 Å². The molecular weight excluding hydrogens is 471 g/mol. The summed E-state index contributed by atoms with van der Waals surface area (Å²) in [4.78, 5) is 40.5. The molecule has 33 heavy (non-hydrogen) atoms. The first-order valence-electron chi connectivity index (χ1n) is 10.5. The van der Waals surface area contributed by atoms with E-state index >= 15 is 0 Å². The number of amides is 2. The highest BCUT2D eigenvalue weighted by atomic mass is 35.5. The van der Waals surface area contributed by atoms with Crippen molar-refractivity contribution in [2.75, 3.05) is 29.5 Å². The monoisotopic (exact) mass is 492 g/mol. The van der Waals surface area contributed by atoms with Gasteiger partial charge in [-0.25, -0.2) is 9.18 Å². The van der Waals surface area contributed by atoms with Crippen molar-refractivity contribution in [3.63, 3.8) is 0 Å². The quantitative estimate of drug-likeness (QED) is 0.389. The van der Waals surface area contributed by atoms with E-state index in [1.165, 1.54) is 33.3 Å². The number of morpholine rings is 1. The maximum absolute atomic E-state index is 15.0. The Bertz CT molecular complexity index is 1090. The van der Waals surface area contributed by atoms with Gasteiger partial charge < -0.3 is 14.4 Å². The van der Waals surface area contributed by atoms with Crippen LogP contribution in [0.1, 0.15) is 28.9 Å². The van der Waals surface area contributed by atoms with E-state index in [1.807, 2.05) is 0 Å². The highest BCUT2D eigenvalue weighted by Crippen LogP contribution is 2.31. The molecule has 2 amide bonds. The fourth-order valence-electron chi connectivity index (χ4n) is 3.85. The predicted octanol–water partition coefficient (Wildman–Crippen LogP) is 4.84. The number of anilines is 2. The van der Waals surface area contributed by atoms with Crippen LogP contribution in [0, 0.1) is 5.82 Å². The van der Waals surface area contributed by atoms with Crippen LogP contribution in [-0.2, 0) is 14.3 Å². The lowest BCUT2D eigenvalue weighted by Gasteiger charge is -2.32. The molecule has 3 heterocycles. The standard InChI is InChI=1S/C23H22ClFN2O5S/c1-2-3-19-22(29)26(10-11-31-19)14-4-6-17(16(25)12-14)27-13-15(32-23(27)30)5-7-18(28)20-8-9-21(24)33-20/h2,4,6,8-9,12,15,19H,1,3,5,7,10-11,13H2/t15-,19?/m0/s1. The van der Waals surface area contributed by atoms with Crippen molar-refractivity contribution in [3.05, 3.63) is 58.0 Å². The Morgan fingerprint density at radius 2 is 2.09 bits per heavy atom. The van der Waals surface area contributed by atoms with Gasteiger partial charge in [-0.2, -0.15) is 0 Å². The van der Waals surface area contributed by atoms with E-state index in [0.717, 1.165) is 0 Å². The number of carbonyl (C=O) groups excluding carboxylic acids is 3. The van der Waals surface area contributed by atoms with Gasteiger partial charge in [-0.15, -0.1) is 17.9 Å². The number of carbonyl (C=O) groups is 3. The Balaban J connectivity index is 1.40. The Kier molecular flexibility index (Phi) is 7.11. The lowest BCUT2D eigenvalue weighted by atomic mass is 10.1. The van der Waals surface area contributed by atoms with Crippen LogP contribution in [0.5, 0.6) is 0 Å². The molecule has 0 bridgehead atoms. The van der Waals surface area contributed by atoms with Crippen LogP contribution in [0.25, 0.3) is 0 Å². The third kappa shape index (κ3) is 5.10. The molecule has 2 aliphatic rings. The van der Waals surface area contributed by atoms with Crippen LogP contribution in [0.2, 0.25) is 4.34 Å². The smallest absolute Gasteiger partial charge is 0.414 e. The van der Waals surface area contributed by atoms with E-state index in [0.29, 0.717) is 40.9 Å². The summed E-state index contributed by atoms with van der Waals surface area (Å²) in [6.07, 6.45) is 0.649. The molecule has 0 aliphatic carbocycles. The van der Waals surface area contributed by atoms with E-state index in [9.17, 15) is 18.8 Å². The van der Waals surface area contributed by atoms with Crippen LogP contribution in [0.3, 0.4) is 0 Å². The molecule has 2 saturated heterocycles. The molecule has 1 aromatic heterocycles. The molecule has 0 saturated carbocycles. The zero-order valence-electron chi connectivity index (χ0n) is 17.7. The minimum atomic E-state index is -0.674. The van der Waals surface area contributed by atoms with Crippen LogP contribution >= 0.6 is 22.9 Å². The lowest BCUT2D eigenvalue weighted by molar-refractivity contribution is -0.133. The van der Waals surface area contributed by atoms with Gasteiger partial charge in [0.2, 0.25) is 0 Å². The van der Waals surface area contributed by atoms with Crippen LogP contribution in [-0.4, -0.2) is 49.7 Å². The molecule has 1 unspecified atom stereocenters. The number of Topliss-reactive ketones (excluding diaryl/α,β-unsaturated/α-hetero) is 1. The third-order valence-corrected chi connectivity index (χ3v) is 6.78. The fourth-order valence-corrected chi connectivity index (χ4v) is 4.86. The topological polar surface area (TPSA) is 76.2 Å². The number of benzene rings is 1. The molecule has 2 fully saturated rings. The van der Waals surface area contributed by atoms with E-state index in [-0.39, 0.29) is 30.3 Å². The number of ether oxygens (including phenoxy) is 2. The molecule has 0 spiro atoms. The van der Waals surface area contributed by atoms with Crippen molar-refractivity contribution < 1.29 is 28.2 Å². The van der Waals surface area contributed by atoms with Gasteiger partial charge >= 0.3 is 6.09 Å². The molecule has 4 rings (SSSR count). The molecule has 1 aromatic carbocycles. The summed E-state index contributed by atoms with van der Waals surface area (Å²) in [5.74, 6) is -0.985.